The van der Waals surface area contributed by atoms with Crippen molar-refractivity contribution in [2.75, 3.05) is 54.4 Å². The molecule has 0 spiro atoms. The first kappa shape index (κ1) is 27.2. The van der Waals surface area contributed by atoms with Crippen LogP contribution >= 0.6 is 24.8 Å². The number of H-pyrrole nitrogens is 2. The Morgan fingerprint density at radius 3 is 1.52 bits per heavy atom. The van der Waals surface area contributed by atoms with E-state index in [1.54, 1.807) is 24.3 Å². The quantitative estimate of drug-likeness (QED) is 0.270. The van der Waals surface area contributed by atoms with E-state index in [2.05, 4.69) is 7.96 Å². The molecule has 0 radical (unpaired) electrons. The summed E-state index contributed by atoms with van der Waals surface area (Å²) in [5.41, 5.74) is 1.23. The summed E-state index contributed by atoms with van der Waals surface area (Å²) < 4.78 is 6.73. The zero-order valence-corrected chi connectivity index (χ0v) is 22.3. The van der Waals surface area contributed by atoms with E-state index in [0.29, 0.717) is 45.3 Å². The fourth-order valence-electron chi connectivity index (χ4n) is 3.68. The summed E-state index contributed by atoms with van der Waals surface area (Å²) in [5, 5.41) is 2.74. The zero-order valence-electron chi connectivity index (χ0n) is 19.0. The molecule has 0 aliphatic rings. The van der Waals surface area contributed by atoms with Crippen LogP contribution in [0.5, 0.6) is 0 Å². The van der Waals surface area contributed by atoms with Crippen LogP contribution in [0.4, 0.5) is 0 Å². The van der Waals surface area contributed by atoms with Crippen molar-refractivity contribution in [1.29, 1.82) is 0 Å². The first-order valence-electron chi connectivity index (χ1n) is 10.1. The molecule has 0 aliphatic carbocycles. The maximum atomic E-state index is 13.6. The Balaban J connectivity index is 0.00000193. The number of hydrogen-bond acceptors (Lipinski definition) is 6. The minimum absolute atomic E-state index is 0. The minimum atomic E-state index is -0.165. The second-order valence-electron chi connectivity index (χ2n) is 8.08. The molecule has 0 fully saturated rings. The molecule has 33 heavy (non-hydrogen) atoms. The molecule has 0 amide bonds. The fraction of sp³-hybridized carbons (Fsp3) is 0.364. The second kappa shape index (κ2) is 11.4. The first-order valence-corrected chi connectivity index (χ1v) is 11.9. The van der Waals surface area contributed by atoms with E-state index in [0.717, 1.165) is 24.1 Å². The van der Waals surface area contributed by atoms with Crippen LogP contribution in [0, 0.1) is 0 Å². The van der Waals surface area contributed by atoms with Crippen molar-refractivity contribution in [3.63, 3.8) is 0 Å². The topological polar surface area (TPSA) is 96.9 Å². The van der Waals surface area contributed by atoms with Crippen LogP contribution in [0.1, 0.15) is 0 Å². The molecule has 0 atom stereocenters. The van der Waals surface area contributed by atoms with Crippen molar-refractivity contribution < 1.29 is 0 Å². The summed E-state index contributed by atoms with van der Waals surface area (Å²) in [5.74, 6) is 0. The summed E-state index contributed by atoms with van der Waals surface area (Å²) in [6, 6.07) is 7.01. The molecule has 1 heterocycles. The number of likely N-dealkylation sites (N-methyl/N-ethyl adjacent to an activating group) is 2. The Morgan fingerprint density at radius 2 is 1.15 bits per heavy atom. The zero-order chi connectivity index (χ0) is 22.1. The van der Waals surface area contributed by atoms with Gasteiger partial charge in [-0.1, -0.05) is 0 Å². The largest absolute Gasteiger partial charge is 0.147 e. The molecule has 4 rings (SSSR count). The van der Waals surface area contributed by atoms with Crippen molar-refractivity contribution in [3.05, 3.63) is 55.4 Å². The second-order valence-corrected chi connectivity index (χ2v) is 9.36. The third-order valence-corrected chi connectivity index (χ3v) is 6.54. The molecule has 178 valence electrons. The van der Waals surface area contributed by atoms with Gasteiger partial charge >= 0.3 is 185 Å². The Labute approximate surface area is 209 Å². The Hall–Kier alpha value is -2.00. The fourth-order valence-corrected chi connectivity index (χ4v) is 5.05. The van der Waals surface area contributed by atoms with Crippen molar-refractivity contribution in [2.24, 2.45) is 9.98 Å². The third-order valence-electron chi connectivity index (χ3n) is 5.26. The summed E-state index contributed by atoms with van der Waals surface area (Å²) in [6.07, 6.45) is 0. The van der Waals surface area contributed by atoms with Gasteiger partial charge in [0.1, 0.15) is 0 Å². The van der Waals surface area contributed by atoms with E-state index in [1.165, 1.54) is 0 Å². The predicted molar refractivity (Wildman–Crippen MR) is 141 cm³/mol. The third kappa shape index (κ3) is 5.24. The minimum Gasteiger partial charge on any atom is -0.147 e. The van der Waals surface area contributed by atoms with Crippen molar-refractivity contribution in [2.45, 2.75) is 0 Å². The van der Waals surface area contributed by atoms with E-state index in [-0.39, 0.29) is 50.6 Å². The molecule has 11 heteroatoms. The molecule has 3 aromatic carbocycles. The average Bonchev–Trinajstić information content (AvgIpc) is 3.22. The van der Waals surface area contributed by atoms with Gasteiger partial charge in [-0.2, -0.15) is 0 Å². The molecule has 0 aliphatic heterocycles. The average molecular weight is 558 g/mol. The molecule has 2 N–H and O–H groups in total. The normalized spacial score (nSPS) is 12.8. The van der Waals surface area contributed by atoms with E-state index in [1.807, 2.05) is 38.0 Å². The van der Waals surface area contributed by atoms with Gasteiger partial charge in [0.15, 0.2) is 0 Å². The van der Waals surface area contributed by atoms with Crippen LogP contribution in [0.25, 0.3) is 32.6 Å². The standard InChI is InChI=1S/C22H26N6O2Se.2ClH/c1-27(2)11-9-23-17-15-16(22(30)14-8-6-5-7-13(14)21(15)29)18(24-10-12-28(3)4)20-19(17)25-31-26-20;;/h5-8,25-26H,9-12H2,1-4H3;2*1H. The molecule has 0 saturated carbocycles. The van der Waals surface area contributed by atoms with Gasteiger partial charge in [-0.25, -0.2) is 0 Å². The SMILES string of the molecule is CN(C)CCN=c1c2[nH][se][nH]c2c(=NCCN(C)C)c2c(=O)c3ccccc3c(=O)c12.Cl.Cl. The molecule has 8 nitrogen and oxygen atoms in total. The summed E-state index contributed by atoms with van der Waals surface area (Å²) in [4.78, 5) is 40.8. The van der Waals surface area contributed by atoms with Gasteiger partial charge in [0.25, 0.3) is 0 Å². The summed E-state index contributed by atoms with van der Waals surface area (Å²) in [6.45, 7) is 2.55. The van der Waals surface area contributed by atoms with Gasteiger partial charge in [0.05, 0.1) is 0 Å². The van der Waals surface area contributed by atoms with Gasteiger partial charge in [0, 0.05) is 0 Å². The van der Waals surface area contributed by atoms with Crippen LogP contribution in [0.2, 0.25) is 0 Å². The molecule has 0 saturated heterocycles. The molecule has 4 aromatic rings. The van der Waals surface area contributed by atoms with Crippen LogP contribution in [-0.4, -0.2) is 87.1 Å². The number of benzene rings is 3. The number of aromatic amines is 2. The number of nitrogens with one attached hydrogen (secondary N) is 2. The van der Waals surface area contributed by atoms with Crippen molar-refractivity contribution in [1.82, 2.24) is 17.8 Å². The van der Waals surface area contributed by atoms with Crippen molar-refractivity contribution in [3.8, 4) is 0 Å². The van der Waals surface area contributed by atoms with E-state index >= 15 is 0 Å². The van der Waals surface area contributed by atoms with Crippen LogP contribution in [-0.2, 0) is 0 Å². The van der Waals surface area contributed by atoms with E-state index < -0.39 is 0 Å². The smallest absolute Gasteiger partial charge is 0.147 e. The van der Waals surface area contributed by atoms with Gasteiger partial charge < -0.3 is 0 Å². The predicted octanol–water partition coefficient (Wildman–Crippen LogP) is 0.786. The number of nitrogens with zero attached hydrogens (tertiary/aromatic N) is 4. The van der Waals surface area contributed by atoms with E-state index in [4.69, 9.17) is 9.98 Å². The Morgan fingerprint density at radius 1 is 0.758 bits per heavy atom. The van der Waals surface area contributed by atoms with Crippen LogP contribution in [0.3, 0.4) is 0 Å². The molecular formula is C22H28Cl2N6O2Se. The summed E-state index contributed by atoms with van der Waals surface area (Å²) >= 11 is -0.0944. The molecule has 0 unspecified atom stereocenters. The molecular weight excluding hydrogens is 530 g/mol. The maximum absolute atomic E-state index is 13.6. The summed E-state index contributed by atoms with van der Waals surface area (Å²) in [7, 11) is 7.93. The number of rotatable bonds is 6. The number of halogens is 2. The molecule has 1 aromatic heterocycles. The first-order chi connectivity index (χ1) is 14.9. The molecule has 0 bridgehead atoms. The monoisotopic (exact) mass is 558 g/mol. The van der Waals surface area contributed by atoms with Gasteiger partial charge in [-0.15, -0.1) is 24.8 Å². The van der Waals surface area contributed by atoms with Gasteiger partial charge in [-0.05, 0) is 0 Å². The van der Waals surface area contributed by atoms with Gasteiger partial charge in [-0.3, -0.25) is 0 Å². The number of hydrogen-bond donors (Lipinski definition) is 2. The number of fused-ring (bicyclic) bond motifs is 3. The van der Waals surface area contributed by atoms with Crippen LogP contribution in [0.15, 0.2) is 43.8 Å². The van der Waals surface area contributed by atoms with Crippen LogP contribution < -0.4 is 21.6 Å². The van der Waals surface area contributed by atoms with Crippen molar-refractivity contribution >= 4 is 72.4 Å². The number of aromatic nitrogens is 2. The van der Waals surface area contributed by atoms with Gasteiger partial charge in [0.2, 0.25) is 0 Å². The van der Waals surface area contributed by atoms with E-state index in [9.17, 15) is 9.59 Å². The Bertz CT molecular complexity index is 1400. The maximum Gasteiger partial charge on any atom is -0.147 e. The Kier molecular flexibility index (Phi) is 9.43.